The van der Waals surface area contributed by atoms with Crippen LogP contribution in [0.25, 0.3) is 22.3 Å². The average molecular weight is 599 g/mol. The van der Waals surface area contributed by atoms with Gasteiger partial charge in [-0.3, -0.25) is 9.59 Å². The quantitative estimate of drug-likeness (QED) is 0.210. The van der Waals surface area contributed by atoms with E-state index >= 15 is 4.39 Å². The SMILES string of the molecule is CCC1C(=O)OCc2c1cc1n(c2=O)Cc2c-1nc1cc(F)c(C)c3c1c2C(NC(=O)OCc1ccc(ONC)cc1)CC3. The number of pyridine rings is 2. The van der Waals surface area contributed by atoms with E-state index in [9.17, 15) is 14.4 Å². The largest absolute Gasteiger partial charge is 0.460 e. The Morgan fingerprint density at radius 3 is 2.70 bits per heavy atom. The van der Waals surface area contributed by atoms with E-state index < -0.39 is 18.1 Å². The molecule has 0 spiro atoms. The summed E-state index contributed by atoms with van der Waals surface area (Å²) in [5.41, 5.74) is 8.93. The average Bonchev–Trinajstić information content (AvgIpc) is 3.38. The third kappa shape index (κ3) is 4.41. The standard InChI is InChI=1S/C33H31FN4O6/c1-4-19-21-11-27-30-22(13-38(27)31(39)23(21)15-42-32(19)40)29-25(10-9-20-16(2)24(34)12-26(36-30)28(20)29)37-33(41)43-14-17-5-7-18(8-6-17)44-35-3/h5-8,11-12,19,25,35H,4,9-10,13-15H2,1-3H3,(H,37,41). The summed E-state index contributed by atoms with van der Waals surface area (Å²) in [6.07, 6.45) is 0.977. The molecule has 2 N–H and O–H groups in total. The summed E-state index contributed by atoms with van der Waals surface area (Å²) < 4.78 is 27.7. The molecule has 7 rings (SSSR count). The molecule has 4 heterocycles. The number of carbonyl (C=O) groups excluding carboxylic acids is 2. The first-order valence-corrected chi connectivity index (χ1v) is 14.7. The normalized spacial score (nSPS) is 17.9. The van der Waals surface area contributed by atoms with Gasteiger partial charge in [-0.15, -0.1) is 0 Å². The van der Waals surface area contributed by atoms with Crippen LogP contribution in [0.4, 0.5) is 9.18 Å². The number of nitrogens with one attached hydrogen (secondary N) is 2. The maximum Gasteiger partial charge on any atom is 0.407 e. The fourth-order valence-electron chi connectivity index (χ4n) is 6.83. The molecule has 1 aliphatic carbocycles. The molecule has 2 aromatic heterocycles. The number of aryl methyl sites for hydroxylation is 1. The first-order chi connectivity index (χ1) is 21.3. The number of fused-ring (bicyclic) bond motifs is 5. The molecular formula is C33H31FN4O6. The lowest BCUT2D eigenvalue weighted by Crippen LogP contribution is -2.33. The van der Waals surface area contributed by atoms with Crippen LogP contribution in [-0.4, -0.2) is 28.7 Å². The third-order valence-electron chi connectivity index (χ3n) is 9.00. The fourth-order valence-corrected chi connectivity index (χ4v) is 6.83. The van der Waals surface area contributed by atoms with Crippen LogP contribution in [0, 0.1) is 12.7 Å². The minimum Gasteiger partial charge on any atom is -0.460 e. The number of esters is 1. The van der Waals surface area contributed by atoms with Gasteiger partial charge in [0.2, 0.25) is 0 Å². The molecule has 4 aromatic rings. The summed E-state index contributed by atoms with van der Waals surface area (Å²) in [7, 11) is 1.66. The number of amides is 1. The highest BCUT2D eigenvalue weighted by atomic mass is 19.1. The van der Waals surface area contributed by atoms with Crippen LogP contribution < -0.4 is 21.2 Å². The molecule has 1 amide bonds. The Kier molecular flexibility index (Phi) is 6.84. The van der Waals surface area contributed by atoms with Gasteiger partial charge in [-0.25, -0.2) is 14.2 Å². The summed E-state index contributed by atoms with van der Waals surface area (Å²) in [4.78, 5) is 49.5. The van der Waals surface area contributed by atoms with E-state index in [0.717, 1.165) is 27.6 Å². The van der Waals surface area contributed by atoms with Crippen LogP contribution >= 0.6 is 0 Å². The highest BCUT2D eigenvalue weighted by Gasteiger charge is 2.37. The number of hydroxylamine groups is 1. The van der Waals surface area contributed by atoms with Crippen molar-refractivity contribution in [1.29, 1.82) is 0 Å². The van der Waals surface area contributed by atoms with Crippen molar-refractivity contribution in [2.45, 2.75) is 64.8 Å². The Morgan fingerprint density at radius 1 is 1.16 bits per heavy atom. The topological polar surface area (TPSA) is 121 Å². The Bertz CT molecular complexity index is 1920. The predicted molar refractivity (Wildman–Crippen MR) is 159 cm³/mol. The van der Waals surface area contributed by atoms with Crippen LogP contribution in [0.1, 0.15) is 70.7 Å². The lowest BCUT2D eigenvalue weighted by molar-refractivity contribution is -0.148. The van der Waals surface area contributed by atoms with Crippen molar-refractivity contribution < 1.29 is 28.3 Å². The van der Waals surface area contributed by atoms with Crippen LogP contribution in [-0.2, 0) is 40.4 Å². The summed E-state index contributed by atoms with van der Waals surface area (Å²) in [6, 6.07) is 10.00. The van der Waals surface area contributed by atoms with E-state index in [-0.39, 0.29) is 37.1 Å². The second kappa shape index (κ2) is 10.7. The molecule has 0 saturated carbocycles. The minimum absolute atomic E-state index is 0.0644. The van der Waals surface area contributed by atoms with Crippen molar-refractivity contribution in [2.24, 2.45) is 0 Å². The lowest BCUT2D eigenvalue weighted by Gasteiger charge is -2.29. The van der Waals surface area contributed by atoms with Crippen molar-refractivity contribution >= 4 is 23.0 Å². The van der Waals surface area contributed by atoms with E-state index in [1.807, 2.05) is 25.1 Å². The molecule has 2 aliphatic heterocycles. The number of alkyl carbamates (subject to hydrolysis) is 1. The van der Waals surface area contributed by atoms with Gasteiger partial charge in [0.15, 0.2) is 0 Å². The first-order valence-electron chi connectivity index (χ1n) is 14.7. The highest BCUT2D eigenvalue weighted by molar-refractivity contribution is 5.93. The van der Waals surface area contributed by atoms with E-state index in [2.05, 4.69) is 10.8 Å². The number of halogens is 1. The summed E-state index contributed by atoms with van der Waals surface area (Å²) in [5, 5.41) is 3.84. The number of ether oxygens (including phenoxy) is 2. The molecule has 3 aliphatic rings. The maximum absolute atomic E-state index is 15.1. The second-order valence-electron chi connectivity index (χ2n) is 11.4. The zero-order valence-electron chi connectivity index (χ0n) is 24.6. The van der Waals surface area contributed by atoms with Gasteiger partial charge in [-0.05, 0) is 72.2 Å². The number of carbonyl (C=O) groups is 2. The van der Waals surface area contributed by atoms with Crippen LogP contribution in [0.15, 0.2) is 41.2 Å². The molecule has 2 atom stereocenters. The Balaban J connectivity index is 1.28. The van der Waals surface area contributed by atoms with Gasteiger partial charge in [0.25, 0.3) is 5.56 Å². The zero-order chi connectivity index (χ0) is 30.7. The Morgan fingerprint density at radius 2 is 1.95 bits per heavy atom. The third-order valence-corrected chi connectivity index (χ3v) is 9.00. The fraction of sp³-hybridized carbons (Fsp3) is 0.333. The highest BCUT2D eigenvalue weighted by Crippen LogP contribution is 2.45. The van der Waals surface area contributed by atoms with Crippen molar-refractivity contribution in [3.05, 3.63) is 91.5 Å². The number of cyclic esters (lactones) is 1. The number of benzene rings is 2. The Hall–Kier alpha value is -4.77. The van der Waals surface area contributed by atoms with E-state index in [0.29, 0.717) is 58.6 Å². The zero-order valence-corrected chi connectivity index (χ0v) is 24.6. The van der Waals surface area contributed by atoms with Crippen molar-refractivity contribution in [3.63, 3.8) is 0 Å². The lowest BCUT2D eigenvalue weighted by atomic mass is 9.81. The van der Waals surface area contributed by atoms with Crippen LogP contribution in [0.5, 0.6) is 5.75 Å². The Labute approximate surface area is 252 Å². The summed E-state index contributed by atoms with van der Waals surface area (Å²) in [6.45, 7) is 3.87. The molecule has 44 heavy (non-hydrogen) atoms. The maximum atomic E-state index is 15.1. The molecule has 0 bridgehead atoms. The molecule has 0 saturated heterocycles. The van der Waals surface area contributed by atoms with E-state index in [1.54, 1.807) is 30.7 Å². The van der Waals surface area contributed by atoms with Gasteiger partial charge in [0.05, 0.1) is 41.0 Å². The number of nitrogens with zero attached hydrogens (tertiary/aromatic N) is 2. The van der Waals surface area contributed by atoms with Crippen LogP contribution in [0.3, 0.4) is 0 Å². The second-order valence-corrected chi connectivity index (χ2v) is 11.4. The number of hydrogen-bond acceptors (Lipinski definition) is 8. The molecule has 0 fully saturated rings. The van der Waals surface area contributed by atoms with Crippen molar-refractivity contribution in [2.75, 3.05) is 7.05 Å². The van der Waals surface area contributed by atoms with Gasteiger partial charge in [0, 0.05) is 24.1 Å². The summed E-state index contributed by atoms with van der Waals surface area (Å²) >= 11 is 0. The summed E-state index contributed by atoms with van der Waals surface area (Å²) in [5.74, 6) is -0.605. The molecule has 0 radical (unpaired) electrons. The predicted octanol–water partition coefficient (Wildman–Crippen LogP) is 4.85. The number of aromatic nitrogens is 2. The van der Waals surface area contributed by atoms with Gasteiger partial charge in [0.1, 0.15) is 24.8 Å². The van der Waals surface area contributed by atoms with Gasteiger partial charge in [-0.2, -0.15) is 5.48 Å². The van der Waals surface area contributed by atoms with Crippen LogP contribution in [0.2, 0.25) is 0 Å². The molecule has 11 heteroatoms. The molecule has 226 valence electrons. The monoisotopic (exact) mass is 598 g/mol. The molecule has 2 aromatic carbocycles. The smallest absolute Gasteiger partial charge is 0.407 e. The molecular weight excluding hydrogens is 567 g/mol. The van der Waals surface area contributed by atoms with Gasteiger partial charge < -0.3 is 24.2 Å². The number of hydrogen-bond donors (Lipinski definition) is 2. The number of rotatable bonds is 6. The van der Waals surface area contributed by atoms with Gasteiger partial charge >= 0.3 is 12.1 Å². The minimum atomic E-state index is -0.587. The van der Waals surface area contributed by atoms with E-state index in [1.165, 1.54) is 6.07 Å². The van der Waals surface area contributed by atoms with Crippen molar-refractivity contribution in [1.82, 2.24) is 20.3 Å². The van der Waals surface area contributed by atoms with E-state index in [4.69, 9.17) is 19.3 Å². The molecule has 10 nitrogen and oxygen atoms in total. The molecule has 2 unspecified atom stereocenters. The first kappa shape index (κ1) is 28.0. The van der Waals surface area contributed by atoms with Crippen molar-refractivity contribution in [3.8, 4) is 17.1 Å². The van der Waals surface area contributed by atoms with Gasteiger partial charge in [-0.1, -0.05) is 19.1 Å².